The average molecular weight is 317 g/mol. The Bertz CT molecular complexity index is 683. The van der Waals surface area contributed by atoms with E-state index < -0.39 is 5.60 Å². The molecular weight excluding hydrogens is 294 g/mol. The van der Waals surface area contributed by atoms with Crippen molar-refractivity contribution >= 4 is 17.1 Å². The maximum Gasteiger partial charge on any atom is 0.410 e. The van der Waals surface area contributed by atoms with Gasteiger partial charge in [-0.25, -0.2) is 4.79 Å². The van der Waals surface area contributed by atoms with E-state index in [2.05, 4.69) is 26.4 Å². The Hall–Kier alpha value is -2.15. The number of carbonyl (C=O) groups excluding carboxylic acids is 1. The van der Waals surface area contributed by atoms with Gasteiger partial charge in [0.2, 0.25) is 0 Å². The summed E-state index contributed by atoms with van der Waals surface area (Å²) in [5.74, 6) is 0. The van der Waals surface area contributed by atoms with Crippen molar-refractivity contribution in [2.75, 3.05) is 26.2 Å². The number of fused-ring (bicyclic) bond motifs is 1. The SMILES string of the molecule is CC(C)(C)OC(=O)N1CCN(Cc2cccc3n[nH]nc23)CC1. The van der Waals surface area contributed by atoms with E-state index in [4.69, 9.17) is 4.74 Å². The van der Waals surface area contributed by atoms with Crippen molar-refractivity contribution in [2.45, 2.75) is 32.9 Å². The number of rotatable bonds is 2. The van der Waals surface area contributed by atoms with Gasteiger partial charge in [-0.15, -0.1) is 0 Å². The van der Waals surface area contributed by atoms with Crippen molar-refractivity contribution < 1.29 is 9.53 Å². The molecule has 0 spiro atoms. The third kappa shape index (κ3) is 3.79. The van der Waals surface area contributed by atoms with Gasteiger partial charge in [-0.1, -0.05) is 12.1 Å². The van der Waals surface area contributed by atoms with Crippen LogP contribution in [-0.4, -0.2) is 63.1 Å². The van der Waals surface area contributed by atoms with E-state index in [1.54, 1.807) is 4.90 Å². The van der Waals surface area contributed by atoms with Gasteiger partial charge in [0.1, 0.15) is 16.6 Å². The number of H-pyrrole nitrogens is 1. The number of carbonyl (C=O) groups is 1. The lowest BCUT2D eigenvalue weighted by Crippen LogP contribution is -2.49. The van der Waals surface area contributed by atoms with Crippen molar-refractivity contribution in [2.24, 2.45) is 0 Å². The Morgan fingerprint density at radius 3 is 2.65 bits per heavy atom. The summed E-state index contributed by atoms with van der Waals surface area (Å²) < 4.78 is 5.42. The highest BCUT2D eigenvalue weighted by Gasteiger charge is 2.26. The van der Waals surface area contributed by atoms with Gasteiger partial charge in [-0.3, -0.25) is 4.90 Å². The van der Waals surface area contributed by atoms with Crippen LogP contribution in [0.15, 0.2) is 18.2 Å². The van der Waals surface area contributed by atoms with Crippen molar-refractivity contribution in [1.29, 1.82) is 0 Å². The average Bonchev–Trinajstić information content (AvgIpc) is 2.96. The van der Waals surface area contributed by atoms with Crippen LogP contribution in [0, 0.1) is 0 Å². The predicted molar refractivity (Wildman–Crippen MR) is 87.0 cm³/mol. The van der Waals surface area contributed by atoms with Crippen LogP contribution in [-0.2, 0) is 11.3 Å². The van der Waals surface area contributed by atoms with Crippen LogP contribution >= 0.6 is 0 Å². The number of ether oxygens (including phenoxy) is 1. The Balaban J connectivity index is 1.57. The van der Waals surface area contributed by atoms with Crippen LogP contribution in [0.25, 0.3) is 11.0 Å². The van der Waals surface area contributed by atoms with Crippen LogP contribution in [0.2, 0.25) is 0 Å². The van der Waals surface area contributed by atoms with Gasteiger partial charge in [-0.2, -0.15) is 15.4 Å². The first kappa shape index (κ1) is 15.7. The highest BCUT2D eigenvalue weighted by molar-refractivity contribution is 5.77. The van der Waals surface area contributed by atoms with Crippen molar-refractivity contribution in [3.63, 3.8) is 0 Å². The monoisotopic (exact) mass is 317 g/mol. The first-order valence-electron chi connectivity index (χ1n) is 7.91. The molecule has 0 saturated carbocycles. The summed E-state index contributed by atoms with van der Waals surface area (Å²) in [6.45, 7) is 9.50. The zero-order chi connectivity index (χ0) is 16.4. The van der Waals surface area contributed by atoms with Crippen LogP contribution in [0.1, 0.15) is 26.3 Å². The number of piperazine rings is 1. The summed E-state index contributed by atoms with van der Waals surface area (Å²) in [5.41, 5.74) is 2.51. The van der Waals surface area contributed by atoms with E-state index in [0.717, 1.165) is 36.2 Å². The van der Waals surface area contributed by atoms with Gasteiger partial charge in [0.25, 0.3) is 0 Å². The minimum atomic E-state index is -0.448. The molecule has 0 bridgehead atoms. The van der Waals surface area contributed by atoms with Crippen LogP contribution in [0.4, 0.5) is 4.79 Å². The molecule has 2 heterocycles. The summed E-state index contributed by atoms with van der Waals surface area (Å²) in [6, 6.07) is 6.02. The van der Waals surface area contributed by atoms with Crippen molar-refractivity contribution in [3.05, 3.63) is 23.8 Å². The molecule has 124 valence electrons. The summed E-state index contributed by atoms with van der Waals surface area (Å²) >= 11 is 0. The molecule has 1 aliphatic rings. The van der Waals surface area contributed by atoms with Crippen molar-refractivity contribution in [1.82, 2.24) is 25.2 Å². The summed E-state index contributed by atoms with van der Waals surface area (Å²) in [7, 11) is 0. The normalized spacial score (nSPS) is 16.7. The summed E-state index contributed by atoms with van der Waals surface area (Å²) in [4.78, 5) is 16.2. The quantitative estimate of drug-likeness (QED) is 0.917. The molecule has 1 fully saturated rings. The smallest absolute Gasteiger partial charge is 0.410 e. The molecule has 2 aromatic rings. The number of para-hydroxylation sites is 1. The number of nitrogens with one attached hydrogen (secondary N) is 1. The molecule has 1 N–H and O–H groups in total. The van der Waals surface area contributed by atoms with Gasteiger partial charge < -0.3 is 9.64 Å². The molecule has 7 nitrogen and oxygen atoms in total. The molecule has 0 atom stereocenters. The zero-order valence-corrected chi connectivity index (χ0v) is 13.9. The number of aromatic nitrogens is 3. The van der Waals surface area contributed by atoms with E-state index in [1.165, 1.54) is 0 Å². The number of amides is 1. The van der Waals surface area contributed by atoms with E-state index in [9.17, 15) is 4.79 Å². The molecular formula is C16H23N5O2. The number of hydrogen-bond acceptors (Lipinski definition) is 5. The van der Waals surface area contributed by atoms with E-state index >= 15 is 0 Å². The second-order valence-electron chi connectivity index (χ2n) is 6.85. The number of nitrogens with zero attached hydrogens (tertiary/aromatic N) is 4. The van der Waals surface area contributed by atoms with Gasteiger partial charge in [0.15, 0.2) is 0 Å². The second-order valence-corrected chi connectivity index (χ2v) is 6.85. The first-order valence-corrected chi connectivity index (χ1v) is 7.91. The zero-order valence-electron chi connectivity index (χ0n) is 13.9. The molecule has 0 aliphatic carbocycles. The van der Waals surface area contributed by atoms with E-state index in [-0.39, 0.29) is 6.09 Å². The van der Waals surface area contributed by atoms with Crippen molar-refractivity contribution in [3.8, 4) is 0 Å². The second kappa shape index (κ2) is 6.16. The van der Waals surface area contributed by atoms with Gasteiger partial charge in [0.05, 0.1) is 0 Å². The van der Waals surface area contributed by atoms with Gasteiger partial charge >= 0.3 is 6.09 Å². The van der Waals surface area contributed by atoms with E-state index in [1.807, 2.05) is 32.9 Å². The fourth-order valence-electron chi connectivity index (χ4n) is 2.71. The molecule has 7 heteroatoms. The summed E-state index contributed by atoms with van der Waals surface area (Å²) in [6.07, 6.45) is -0.226. The molecule has 1 aromatic heterocycles. The minimum absolute atomic E-state index is 0.226. The maximum atomic E-state index is 12.1. The molecule has 1 aliphatic heterocycles. The van der Waals surface area contributed by atoms with Crippen LogP contribution in [0.5, 0.6) is 0 Å². The Labute approximate surface area is 135 Å². The largest absolute Gasteiger partial charge is 0.444 e. The fraction of sp³-hybridized carbons (Fsp3) is 0.562. The van der Waals surface area contributed by atoms with E-state index in [0.29, 0.717) is 13.1 Å². The maximum absolute atomic E-state index is 12.1. The lowest BCUT2D eigenvalue weighted by molar-refractivity contribution is 0.0139. The Morgan fingerprint density at radius 2 is 1.96 bits per heavy atom. The highest BCUT2D eigenvalue weighted by atomic mass is 16.6. The highest BCUT2D eigenvalue weighted by Crippen LogP contribution is 2.17. The minimum Gasteiger partial charge on any atom is -0.444 e. The third-order valence-electron chi connectivity index (χ3n) is 3.85. The lowest BCUT2D eigenvalue weighted by atomic mass is 10.1. The number of aromatic amines is 1. The molecule has 1 aromatic carbocycles. The molecule has 1 amide bonds. The standard InChI is InChI=1S/C16H23N5O2/c1-16(2,3)23-15(22)21-9-7-20(8-10-21)11-12-5-4-6-13-14(12)18-19-17-13/h4-6H,7-11H2,1-3H3,(H,17,18,19). The van der Waals surface area contributed by atoms with Gasteiger partial charge in [0, 0.05) is 32.7 Å². The summed E-state index contributed by atoms with van der Waals surface area (Å²) in [5, 5.41) is 11.0. The molecule has 23 heavy (non-hydrogen) atoms. The third-order valence-corrected chi connectivity index (χ3v) is 3.85. The van der Waals surface area contributed by atoms with Crippen LogP contribution < -0.4 is 0 Å². The predicted octanol–water partition coefficient (Wildman–Crippen LogP) is 2.01. The topological polar surface area (TPSA) is 74.3 Å². The Morgan fingerprint density at radius 1 is 1.22 bits per heavy atom. The fourth-order valence-corrected chi connectivity index (χ4v) is 2.71. The lowest BCUT2D eigenvalue weighted by Gasteiger charge is -2.35. The number of hydrogen-bond donors (Lipinski definition) is 1. The molecule has 3 rings (SSSR count). The molecule has 1 saturated heterocycles. The molecule has 0 radical (unpaired) electrons. The Kier molecular flexibility index (Phi) is 4.21. The first-order chi connectivity index (χ1) is 10.9. The number of benzene rings is 1. The molecule has 0 unspecified atom stereocenters. The van der Waals surface area contributed by atoms with Gasteiger partial charge in [-0.05, 0) is 32.4 Å². The van der Waals surface area contributed by atoms with Crippen LogP contribution in [0.3, 0.4) is 0 Å².